The lowest BCUT2D eigenvalue weighted by molar-refractivity contribution is -0.234. The fourth-order valence-electron chi connectivity index (χ4n) is 5.26. The second-order valence-corrected chi connectivity index (χ2v) is 8.55. The van der Waals surface area contributed by atoms with Crippen molar-refractivity contribution in [2.45, 2.75) is 49.4 Å². The van der Waals surface area contributed by atoms with E-state index in [1.165, 1.54) is 0 Å². The zero-order chi connectivity index (χ0) is 17.6. The van der Waals surface area contributed by atoms with Gasteiger partial charge in [-0.2, -0.15) is 8.78 Å². The summed E-state index contributed by atoms with van der Waals surface area (Å²) >= 11 is -3.58. The van der Waals surface area contributed by atoms with Gasteiger partial charge >= 0.3 is 11.2 Å². The second-order valence-electron chi connectivity index (χ2n) is 7.54. The first kappa shape index (κ1) is 18.2. The summed E-state index contributed by atoms with van der Waals surface area (Å²) in [5.41, 5.74) is -0.727. The maximum atomic E-state index is 13.3. The molecule has 0 heterocycles. The minimum atomic E-state index is -4.40. The van der Waals surface area contributed by atoms with Crippen LogP contribution in [-0.4, -0.2) is 46.1 Å². The van der Waals surface area contributed by atoms with E-state index in [1.807, 2.05) is 0 Å². The molecule has 4 aliphatic carbocycles. The lowest BCUT2D eigenvalue weighted by atomic mass is 9.48. The molecule has 0 aliphatic heterocycles. The van der Waals surface area contributed by atoms with Crippen LogP contribution < -0.4 is 0 Å². The van der Waals surface area contributed by atoms with Gasteiger partial charge in [0.05, 0.1) is 12.2 Å². The summed E-state index contributed by atoms with van der Waals surface area (Å²) < 4.78 is 61.4. The number of carbonyl (C=O) groups excluding carboxylic acids is 1. The fraction of sp³-hybridized carbons (Fsp3) is 0.933. The number of halogens is 2. The molecule has 4 saturated carbocycles. The van der Waals surface area contributed by atoms with Crippen LogP contribution in [0.1, 0.15) is 38.5 Å². The quantitative estimate of drug-likeness (QED) is 0.422. The van der Waals surface area contributed by atoms with E-state index in [9.17, 15) is 17.8 Å². The molecule has 4 aliphatic rings. The van der Waals surface area contributed by atoms with E-state index in [-0.39, 0.29) is 24.4 Å². The molecule has 0 aromatic heterocycles. The van der Waals surface area contributed by atoms with E-state index in [0.29, 0.717) is 18.3 Å². The maximum Gasteiger partial charge on any atom is 0.439 e. The first-order chi connectivity index (χ1) is 11.2. The first-order valence-electron chi connectivity index (χ1n) is 7.99. The predicted molar refractivity (Wildman–Crippen MR) is 79.5 cm³/mol. The highest BCUT2D eigenvalue weighted by Crippen LogP contribution is 2.62. The van der Waals surface area contributed by atoms with Crippen LogP contribution in [0.4, 0.5) is 8.78 Å². The van der Waals surface area contributed by atoms with Gasteiger partial charge in [-0.05, 0) is 50.4 Å². The van der Waals surface area contributed by atoms with Crippen molar-refractivity contribution < 1.29 is 36.5 Å². The van der Waals surface area contributed by atoms with Crippen LogP contribution in [0, 0.1) is 17.3 Å². The molecule has 1 N–H and O–H groups in total. The third kappa shape index (κ3) is 3.23. The molecule has 3 atom stereocenters. The van der Waals surface area contributed by atoms with Crippen molar-refractivity contribution in [2.24, 2.45) is 17.3 Å². The van der Waals surface area contributed by atoms with E-state index >= 15 is 0 Å². The van der Waals surface area contributed by atoms with E-state index in [2.05, 4.69) is 0 Å². The van der Waals surface area contributed by atoms with Gasteiger partial charge in [-0.3, -0.25) is 0 Å². The SMILES string of the molecule is COCOC12CC3CC(CC(COC(=O)C(F)(F)S(=O)O)(C3)C1)C2. The van der Waals surface area contributed by atoms with Crippen molar-refractivity contribution in [2.75, 3.05) is 20.5 Å². The number of esters is 1. The Bertz CT molecular complexity index is 526. The number of ether oxygens (including phenoxy) is 3. The van der Waals surface area contributed by atoms with E-state index in [1.54, 1.807) is 7.11 Å². The number of methoxy groups -OCH3 is 1. The topological polar surface area (TPSA) is 82.1 Å². The van der Waals surface area contributed by atoms with Gasteiger partial charge in [-0.15, -0.1) is 0 Å². The van der Waals surface area contributed by atoms with Crippen LogP contribution in [-0.2, 0) is 30.1 Å². The third-order valence-corrected chi connectivity index (χ3v) is 6.18. The molecule has 0 aromatic rings. The van der Waals surface area contributed by atoms with Gasteiger partial charge < -0.3 is 18.8 Å². The predicted octanol–water partition coefficient (Wildman–Crippen LogP) is 2.30. The summed E-state index contributed by atoms with van der Waals surface area (Å²) in [7, 11) is 1.55. The number of hydrogen-bond donors (Lipinski definition) is 1. The minimum absolute atomic E-state index is 0.163. The molecule has 3 unspecified atom stereocenters. The molecule has 24 heavy (non-hydrogen) atoms. The van der Waals surface area contributed by atoms with Gasteiger partial charge in [-0.1, -0.05) is 0 Å². The fourth-order valence-corrected chi connectivity index (χ4v) is 5.46. The Morgan fingerprint density at radius 3 is 2.46 bits per heavy atom. The van der Waals surface area contributed by atoms with E-state index < -0.39 is 22.3 Å². The van der Waals surface area contributed by atoms with Crippen molar-refractivity contribution in [1.29, 1.82) is 0 Å². The van der Waals surface area contributed by atoms with Crippen molar-refractivity contribution in [1.82, 2.24) is 0 Å². The molecule has 0 amide bonds. The number of hydrogen-bond acceptors (Lipinski definition) is 5. The van der Waals surface area contributed by atoms with Gasteiger partial charge in [0.2, 0.25) is 11.1 Å². The molecular formula is C15H22F2O6S. The molecule has 0 aromatic carbocycles. The molecular weight excluding hydrogens is 346 g/mol. The van der Waals surface area contributed by atoms with E-state index in [0.717, 1.165) is 32.1 Å². The number of alkyl halides is 2. The van der Waals surface area contributed by atoms with Crippen LogP contribution in [0.5, 0.6) is 0 Å². The van der Waals surface area contributed by atoms with Gasteiger partial charge in [-0.25, -0.2) is 9.00 Å². The molecule has 4 bridgehead atoms. The van der Waals surface area contributed by atoms with Crippen LogP contribution in [0.25, 0.3) is 0 Å². The van der Waals surface area contributed by atoms with Gasteiger partial charge in [0.25, 0.3) is 0 Å². The van der Waals surface area contributed by atoms with Crippen molar-refractivity contribution in [3.8, 4) is 0 Å². The standard InChI is InChI=1S/C15H22F2O6S/c1-21-9-23-14-5-10-2-11(6-14)4-13(3-10,7-14)8-22-12(18)15(16,17)24(19)20/h10-11H,2-9H2,1H3,(H,19,20). The number of carbonyl (C=O) groups is 1. The highest BCUT2D eigenvalue weighted by molar-refractivity contribution is 7.81. The van der Waals surface area contributed by atoms with Gasteiger partial charge in [0.15, 0.2) is 0 Å². The van der Waals surface area contributed by atoms with Crippen LogP contribution in [0.15, 0.2) is 0 Å². The first-order valence-corrected chi connectivity index (χ1v) is 9.10. The highest BCUT2D eigenvalue weighted by atomic mass is 32.2. The maximum absolute atomic E-state index is 13.3. The molecule has 0 saturated heterocycles. The summed E-state index contributed by atoms with van der Waals surface area (Å²) in [6.07, 6.45) is 5.17. The third-order valence-electron chi connectivity index (χ3n) is 5.58. The summed E-state index contributed by atoms with van der Waals surface area (Å²) in [6.45, 7) is 0.0145. The average molecular weight is 368 g/mol. The van der Waals surface area contributed by atoms with Crippen molar-refractivity contribution in [3.05, 3.63) is 0 Å². The summed E-state index contributed by atoms with van der Waals surface area (Å²) in [6, 6.07) is 0. The monoisotopic (exact) mass is 368 g/mol. The van der Waals surface area contributed by atoms with E-state index in [4.69, 9.17) is 18.8 Å². The molecule has 9 heteroatoms. The lowest BCUT2D eigenvalue weighted by Gasteiger charge is -2.61. The van der Waals surface area contributed by atoms with Crippen molar-refractivity contribution >= 4 is 17.0 Å². The summed E-state index contributed by atoms with van der Waals surface area (Å²) in [5, 5.41) is -4.40. The molecule has 138 valence electrons. The Kier molecular flexibility index (Phi) is 4.74. The van der Waals surface area contributed by atoms with Crippen LogP contribution in [0.2, 0.25) is 0 Å². The lowest BCUT2D eigenvalue weighted by Crippen LogP contribution is -2.58. The minimum Gasteiger partial charge on any atom is -0.460 e. The van der Waals surface area contributed by atoms with Crippen LogP contribution in [0.3, 0.4) is 0 Å². The van der Waals surface area contributed by atoms with Gasteiger partial charge in [0, 0.05) is 12.5 Å². The number of rotatable bonds is 7. The molecule has 0 spiro atoms. The Labute approximate surface area is 141 Å². The molecule has 4 fully saturated rings. The smallest absolute Gasteiger partial charge is 0.439 e. The highest BCUT2D eigenvalue weighted by Gasteiger charge is 2.59. The Hall–Kier alpha value is -0.640. The Balaban J connectivity index is 1.69. The molecule has 6 nitrogen and oxygen atoms in total. The molecule has 4 rings (SSSR count). The second kappa shape index (κ2) is 6.26. The Morgan fingerprint density at radius 1 is 1.29 bits per heavy atom. The zero-order valence-electron chi connectivity index (χ0n) is 13.5. The summed E-state index contributed by atoms with van der Waals surface area (Å²) in [5.74, 6) is -1.09. The normalized spacial score (nSPS) is 39.0. The largest absolute Gasteiger partial charge is 0.460 e. The average Bonchev–Trinajstić information content (AvgIpc) is 2.49. The van der Waals surface area contributed by atoms with Crippen molar-refractivity contribution in [3.63, 3.8) is 0 Å². The van der Waals surface area contributed by atoms with Crippen LogP contribution >= 0.6 is 0 Å². The molecule has 0 radical (unpaired) electrons. The zero-order valence-corrected chi connectivity index (χ0v) is 14.3. The summed E-state index contributed by atoms with van der Waals surface area (Å²) in [4.78, 5) is 11.5. The van der Waals surface area contributed by atoms with Gasteiger partial charge in [0.1, 0.15) is 6.79 Å². The Morgan fingerprint density at radius 2 is 1.92 bits per heavy atom.